The van der Waals surface area contributed by atoms with E-state index in [0.717, 1.165) is 0 Å². The Morgan fingerprint density at radius 2 is 2.17 bits per heavy atom. The maximum Gasteiger partial charge on any atom is 0.0468 e. The summed E-state index contributed by atoms with van der Waals surface area (Å²) in [4.78, 5) is 2.45. The molecule has 0 aliphatic carbocycles. The molecule has 2 aliphatic rings. The van der Waals surface area contributed by atoms with Gasteiger partial charge in [-0.2, -0.15) is 0 Å². The van der Waals surface area contributed by atoms with Gasteiger partial charge in [-0.05, 0) is 19.0 Å². The highest BCUT2D eigenvalue weighted by atomic mass is 15.2. The fraction of sp³-hybridized carbons (Fsp3) is 0.636. The van der Waals surface area contributed by atoms with Crippen molar-refractivity contribution in [2.45, 2.75) is 32.7 Å². The monoisotopic (exact) mass is 163 g/mol. The van der Waals surface area contributed by atoms with Crippen molar-refractivity contribution in [1.82, 2.24) is 4.90 Å². The summed E-state index contributed by atoms with van der Waals surface area (Å²) in [5, 5.41) is 0. The van der Waals surface area contributed by atoms with Crippen LogP contribution in [0.15, 0.2) is 24.4 Å². The molecule has 0 aromatic rings. The maximum atomic E-state index is 2.45. The molecular formula is C11H17N. The predicted octanol–water partition coefficient (Wildman–Crippen LogP) is 2.56. The summed E-state index contributed by atoms with van der Waals surface area (Å²) in [5.74, 6) is 0. The second-order valence-electron chi connectivity index (χ2n) is 4.44. The molecule has 0 saturated carbocycles. The third-order valence-corrected chi connectivity index (χ3v) is 2.79. The van der Waals surface area contributed by atoms with Crippen molar-refractivity contribution >= 4 is 0 Å². The molecule has 1 heteroatoms. The lowest BCUT2D eigenvalue weighted by molar-refractivity contribution is 0.402. The summed E-state index contributed by atoms with van der Waals surface area (Å²) in [6.45, 7) is 5.74. The first-order valence-electron chi connectivity index (χ1n) is 4.82. The lowest BCUT2D eigenvalue weighted by Crippen LogP contribution is -2.20. The van der Waals surface area contributed by atoms with E-state index in [0.29, 0.717) is 6.04 Å². The first-order valence-corrected chi connectivity index (χ1v) is 4.82. The van der Waals surface area contributed by atoms with Crippen molar-refractivity contribution in [3.8, 4) is 0 Å². The summed E-state index contributed by atoms with van der Waals surface area (Å²) >= 11 is 0. The van der Waals surface area contributed by atoms with Crippen LogP contribution in [-0.4, -0.2) is 17.5 Å². The molecule has 0 aromatic carbocycles. The van der Waals surface area contributed by atoms with E-state index in [9.17, 15) is 0 Å². The quantitative estimate of drug-likeness (QED) is 0.496. The third kappa shape index (κ3) is 1.40. The molecule has 1 saturated heterocycles. The Labute approximate surface area is 74.8 Å². The molecule has 0 bridgehead atoms. The van der Waals surface area contributed by atoms with Crippen molar-refractivity contribution in [2.24, 2.45) is 5.41 Å². The van der Waals surface area contributed by atoms with Gasteiger partial charge >= 0.3 is 0 Å². The van der Waals surface area contributed by atoms with Crippen molar-refractivity contribution in [3.63, 3.8) is 0 Å². The number of allylic oxidation sites excluding steroid dienone is 2. The summed E-state index contributed by atoms with van der Waals surface area (Å²) in [6.07, 6.45) is 12.0. The number of nitrogens with zero attached hydrogens (tertiary/aromatic N) is 1. The smallest absolute Gasteiger partial charge is 0.0468 e. The number of rotatable bonds is 0. The zero-order valence-electron chi connectivity index (χ0n) is 7.96. The van der Waals surface area contributed by atoms with Crippen molar-refractivity contribution in [3.05, 3.63) is 24.4 Å². The molecule has 0 spiro atoms. The zero-order chi connectivity index (χ0) is 8.60. The van der Waals surface area contributed by atoms with Gasteiger partial charge in [-0.3, -0.25) is 0 Å². The van der Waals surface area contributed by atoms with Crippen LogP contribution in [0.2, 0.25) is 0 Å². The van der Waals surface area contributed by atoms with E-state index < -0.39 is 0 Å². The summed E-state index contributed by atoms with van der Waals surface area (Å²) in [5.41, 5.74) is 0.254. The molecule has 1 unspecified atom stereocenters. The Morgan fingerprint density at radius 1 is 1.33 bits per heavy atom. The van der Waals surface area contributed by atoms with E-state index in [1.807, 2.05) is 0 Å². The second kappa shape index (κ2) is 2.65. The van der Waals surface area contributed by atoms with Gasteiger partial charge in [-0.15, -0.1) is 0 Å². The molecule has 0 radical (unpaired) electrons. The number of hydrogen-bond donors (Lipinski definition) is 0. The largest absolute Gasteiger partial charge is 0.371 e. The first-order chi connectivity index (χ1) is 5.67. The first kappa shape index (κ1) is 7.90. The molecule has 1 atom stereocenters. The standard InChI is InChI=1S/C11H17N/c1-11(2)6-5-10-4-3-8-12(10)9-7-11/h5-7,9-10H,3-4,8H2,1-2H3. The molecule has 2 aliphatic heterocycles. The molecule has 2 rings (SSSR count). The van der Waals surface area contributed by atoms with Crippen molar-refractivity contribution in [1.29, 1.82) is 0 Å². The Balaban J connectivity index is 2.22. The molecule has 0 amide bonds. The van der Waals surface area contributed by atoms with E-state index >= 15 is 0 Å². The van der Waals surface area contributed by atoms with Gasteiger partial charge in [-0.1, -0.05) is 32.1 Å². The van der Waals surface area contributed by atoms with Gasteiger partial charge in [0.05, 0.1) is 0 Å². The molecule has 1 fully saturated rings. The minimum Gasteiger partial charge on any atom is -0.371 e. The Hall–Kier alpha value is -0.720. The lowest BCUT2D eigenvalue weighted by Gasteiger charge is -2.17. The Bertz CT molecular complexity index is 203. The lowest BCUT2D eigenvalue weighted by atomic mass is 9.93. The SMILES string of the molecule is CC1(C)C=CC2CCCN2C=C1. The highest BCUT2D eigenvalue weighted by molar-refractivity contribution is 5.15. The molecule has 66 valence electrons. The zero-order valence-corrected chi connectivity index (χ0v) is 7.96. The average molecular weight is 163 g/mol. The minimum atomic E-state index is 0.254. The van der Waals surface area contributed by atoms with Gasteiger partial charge in [0.25, 0.3) is 0 Å². The average Bonchev–Trinajstić information content (AvgIpc) is 2.40. The topological polar surface area (TPSA) is 3.24 Å². The van der Waals surface area contributed by atoms with Crippen LogP contribution >= 0.6 is 0 Å². The van der Waals surface area contributed by atoms with Gasteiger partial charge < -0.3 is 4.90 Å². The highest BCUT2D eigenvalue weighted by Gasteiger charge is 2.23. The predicted molar refractivity (Wildman–Crippen MR) is 51.8 cm³/mol. The molecular weight excluding hydrogens is 146 g/mol. The van der Waals surface area contributed by atoms with E-state index in [-0.39, 0.29) is 5.41 Å². The third-order valence-electron chi connectivity index (χ3n) is 2.79. The number of fused-ring (bicyclic) bond motifs is 1. The summed E-state index contributed by atoms with van der Waals surface area (Å²) < 4.78 is 0. The van der Waals surface area contributed by atoms with Gasteiger partial charge in [0, 0.05) is 18.0 Å². The molecule has 2 heterocycles. The highest BCUT2D eigenvalue weighted by Crippen LogP contribution is 2.28. The molecule has 12 heavy (non-hydrogen) atoms. The van der Waals surface area contributed by atoms with E-state index in [2.05, 4.69) is 43.2 Å². The van der Waals surface area contributed by atoms with E-state index in [1.165, 1.54) is 19.4 Å². The van der Waals surface area contributed by atoms with Crippen LogP contribution < -0.4 is 0 Å². The molecule has 0 aromatic heterocycles. The van der Waals surface area contributed by atoms with Crippen LogP contribution in [0, 0.1) is 5.41 Å². The normalized spacial score (nSPS) is 31.8. The molecule has 0 N–H and O–H groups in total. The van der Waals surface area contributed by atoms with Crippen LogP contribution in [0.1, 0.15) is 26.7 Å². The maximum absolute atomic E-state index is 2.45. The van der Waals surface area contributed by atoms with Crippen LogP contribution in [0.4, 0.5) is 0 Å². The van der Waals surface area contributed by atoms with Gasteiger partial charge in [0.15, 0.2) is 0 Å². The summed E-state index contributed by atoms with van der Waals surface area (Å²) in [7, 11) is 0. The van der Waals surface area contributed by atoms with Gasteiger partial charge in [0.1, 0.15) is 0 Å². The van der Waals surface area contributed by atoms with E-state index in [1.54, 1.807) is 0 Å². The Kier molecular flexibility index (Phi) is 1.75. The van der Waals surface area contributed by atoms with Gasteiger partial charge in [0.2, 0.25) is 0 Å². The second-order valence-corrected chi connectivity index (χ2v) is 4.44. The van der Waals surface area contributed by atoms with E-state index in [4.69, 9.17) is 0 Å². The van der Waals surface area contributed by atoms with Crippen LogP contribution in [-0.2, 0) is 0 Å². The van der Waals surface area contributed by atoms with Crippen molar-refractivity contribution < 1.29 is 0 Å². The molecule has 1 nitrogen and oxygen atoms in total. The summed E-state index contributed by atoms with van der Waals surface area (Å²) in [6, 6.07) is 0.683. The Morgan fingerprint density at radius 3 is 3.00 bits per heavy atom. The van der Waals surface area contributed by atoms with Crippen LogP contribution in [0.5, 0.6) is 0 Å². The van der Waals surface area contributed by atoms with Crippen LogP contribution in [0.3, 0.4) is 0 Å². The van der Waals surface area contributed by atoms with Gasteiger partial charge in [-0.25, -0.2) is 0 Å². The fourth-order valence-electron chi connectivity index (χ4n) is 1.91. The number of hydrogen-bond acceptors (Lipinski definition) is 1. The minimum absolute atomic E-state index is 0.254. The fourth-order valence-corrected chi connectivity index (χ4v) is 1.91. The van der Waals surface area contributed by atoms with Crippen LogP contribution in [0.25, 0.3) is 0 Å². The van der Waals surface area contributed by atoms with Crippen molar-refractivity contribution in [2.75, 3.05) is 6.54 Å².